The van der Waals surface area contributed by atoms with Gasteiger partial charge in [0.15, 0.2) is 5.82 Å². The third kappa shape index (κ3) is 9.53. The summed E-state index contributed by atoms with van der Waals surface area (Å²) in [4.78, 5) is 36.8. The molecule has 47 heavy (non-hydrogen) atoms. The highest BCUT2D eigenvalue weighted by Crippen LogP contribution is 2.36. The van der Waals surface area contributed by atoms with Gasteiger partial charge in [0, 0.05) is 42.3 Å². The van der Waals surface area contributed by atoms with Crippen molar-refractivity contribution in [3.05, 3.63) is 53.3 Å². The van der Waals surface area contributed by atoms with Crippen molar-refractivity contribution in [1.82, 2.24) is 29.4 Å². The molecule has 11 nitrogen and oxygen atoms in total. The van der Waals surface area contributed by atoms with Crippen molar-refractivity contribution in [1.29, 1.82) is 0 Å². The summed E-state index contributed by atoms with van der Waals surface area (Å²) in [7, 11) is 0. The second kappa shape index (κ2) is 15.1. The summed E-state index contributed by atoms with van der Waals surface area (Å²) in [6.07, 6.45) is 10.1. The molecule has 3 aromatic heterocycles. The zero-order chi connectivity index (χ0) is 33.6. The van der Waals surface area contributed by atoms with Crippen molar-refractivity contribution < 1.29 is 19.1 Å². The number of carbonyl (C=O) groups is 2. The van der Waals surface area contributed by atoms with Gasteiger partial charge >= 0.3 is 6.09 Å². The van der Waals surface area contributed by atoms with Crippen LogP contribution in [0.25, 0.3) is 5.82 Å². The lowest BCUT2D eigenvalue weighted by Crippen LogP contribution is -2.49. The highest BCUT2D eigenvalue weighted by Gasteiger charge is 2.43. The van der Waals surface area contributed by atoms with E-state index in [1.165, 1.54) is 25.7 Å². The molecule has 0 spiro atoms. The van der Waals surface area contributed by atoms with Crippen LogP contribution in [0.2, 0.25) is 5.15 Å². The Morgan fingerprint density at radius 2 is 1.87 bits per heavy atom. The number of aromatic nitrogens is 4. The Bertz CT molecular complexity index is 1540. The van der Waals surface area contributed by atoms with Crippen molar-refractivity contribution >= 4 is 41.4 Å². The van der Waals surface area contributed by atoms with E-state index in [0.717, 1.165) is 37.6 Å². The van der Waals surface area contributed by atoms with E-state index in [1.54, 1.807) is 29.1 Å². The molecule has 2 N–H and O–H groups in total. The minimum Gasteiger partial charge on any atom is -0.476 e. The topological polar surface area (TPSA) is 124 Å². The van der Waals surface area contributed by atoms with E-state index >= 15 is 0 Å². The molecule has 4 heterocycles. The molecule has 13 heteroatoms. The molecule has 254 valence electrons. The molecule has 2 fully saturated rings. The second-order valence-corrected chi connectivity index (χ2v) is 15.1. The van der Waals surface area contributed by atoms with Crippen molar-refractivity contribution in [3.63, 3.8) is 0 Å². The van der Waals surface area contributed by atoms with Gasteiger partial charge in [0.2, 0.25) is 5.88 Å². The first-order valence-electron chi connectivity index (χ1n) is 16.4. The highest BCUT2D eigenvalue weighted by molar-refractivity contribution is 7.97. The van der Waals surface area contributed by atoms with E-state index < -0.39 is 5.60 Å². The van der Waals surface area contributed by atoms with Gasteiger partial charge in [0.05, 0.1) is 12.2 Å². The van der Waals surface area contributed by atoms with Gasteiger partial charge in [-0.25, -0.2) is 19.4 Å². The third-order valence-corrected chi connectivity index (χ3v) is 9.52. The van der Waals surface area contributed by atoms with Crippen molar-refractivity contribution in [3.8, 4) is 11.7 Å². The number of halogens is 1. The van der Waals surface area contributed by atoms with Gasteiger partial charge in [-0.3, -0.25) is 9.52 Å². The van der Waals surface area contributed by atoms with Gasteiger partial charge in [-0.05, 0) is 103 Å². The lowest BCUT2D eigenvalue weighted by Gasteiger charge is -2.37. The second-order valence-electron chi connectivity index (χ2n) is 13.9. The first-order chi connectivity index (χ1) is 22.4. The maximum atomic E-state index is 13.0. The van der Waals surface area contributed by atoms with Gasteiger partial charge < -0.3 is 19.7 Å². The molecule has 0 bridgehead atoms. The molecule has 2 amide bonds. The zero-order valence-corrected chi connectivity index (χ0v) is 29.5. The summed E-state index contributed by atoms with van der Waals surface area (Å²) in [6, 6.07) is 10.9. The fraction of sp³-hybridized carbons (Fsp3) is 0.559. The molecule has 0 radical (unpaired) electrons. The SMILES string of the molecule is CC(C)(C)OC(=O)N1C(CCCNc2cccc(SNC(=O)c3ccc(-n4ccc(OCC5CCCC5)n4)nc3Cl)n2)CCC1(C)C. The lowest BCUT2D eigenvalue weighted by atomic mass is 10.0. The summed E-state index contributed by atoms with van der Waals surface area (Å²) >= 11 is 7.52. The maximum absolute atomic E-state index is 13.0. The molecule has 1 unspecified atom stereocenters. The number of likely N-dealkylation sites (tertiary alicyclic amines) is 1. The van der Waals surface area contributed by atoms with E-state index in [1.807, 2.05) is 43.9 Å². The molecule has 5 rings (SSSR count). The van der Waals surface area contributed by atoms with E-state index in [2.05, 4.69) is 39.0 Å². The molecule has 0 aromatic carbocycles. The van der Waals surface area contributed by atoms with E-state index in [0.29, 0.717) is 41.6 Å². The first-order valence-corrected chi connectivity index (χ1v) is 17.6. The Labute approximate surface area is 286 Å². The van der Waals surface area contributed by atoms with Gasteiger partial charge in [-0.1, -0.05) is 30.5 Å². The zero-order valence-electron chi connectivity index (χ0n) is 27.9. The Morgan fingerprint density at radius 1 is 1.09 bits per heavy atom. The molecule has 1 aliphatic carbocycles. The molecule has 1 saturated carbocycles. The van der Waals surface area contributed by atoms with Gasteiger partial charge in [-0.15, -0.1) is 5.10 Å². The van der Waals surface area contributed by atoms with Gasteiger partial charge in [0.25, 0.3) is 5.91 Å². The minimum absolute atomic E-state index is 0.0729. The number of anilines is 1. The summed E-state index contributed by atoms with van der Waals surface area (Å²) < 4.78 is 16.0. The van der Waals surface area contributed by atoms with Crippen LogP contribution in [0.1, 0.15) is 96.3 Å². The predicted octanol–water partition coefficient (Wildman–Crippen LogP) is 7.69. The number of rotatable bonds is 12. The molecular formula is C34H46ClN7O4S. The molecular weight excluding hydrogens is 638 g/mol. The van der Waals surface area contributed by atoms with E-state index in [9.17, 15) is 9.59 Å². The van der Waals surface area contributed by atoms with Crippen LogP contribution in [0.5, 0.6) is 5.88 Å². The molecule has 1 saturated heterocycles. The predicted molar refractivity (Wildman–Crippen MR) is 184 cm³/mol. The fourth-order valence-electron chi connectivity index (χ4n) is 6.14. The monoisotopic (exact) mass is 683 g/mol. The van der Waals surface area contributed by atoms with Crippen LogP contribution in [0.4, 0.5) is 10.6 Å². The smallest absolute Gasteiger partial charge is 0.410 e. The lowest BCUT2D eigenvalue weighted by molar-refractivity contribution is 0.00294. The number of nitrogens with one attached hydrogen (secondary N) is 2. The molecule has 1 atom stereocenters. The van der Waals surface area contributed by atoms with E-state index in [-0.39, 0.29) is 34.3 Å². The fourth-order valence-corrected chi connectivity index (χ4v) is 6.97. The van der Waals surface area contributed by atoms with Crippen molar-refractivity contribution in [2.75, 3.05) is 18.5 Å². The summed E-state index contributed by atoms with van der Waals surface area (Å²) in [6.45, 7) is 11.3. The van der Waals surface area contributed by atoms with Crippen molar-refractivity contribution in [2.45, 2.75) is 108 Å². The normalized spacial score (nSPS) is 17.9. The summed E-state index contributed by atoms with van der Waals surface area (Å²) in [5, 5.41) is 8.51. The summed E-state index contributed by atoms with van der Waals surface area (Å²) in [5.74, 6) is 1.95. The first kappa shape index (κ1) is 34.8. The average molecular weight is 684 g/mol. The van der Waals surface area contributed by atoms with Gasteiger partial charge in [-0.2, -0.15) is 0 Å². The summed E-state index contributed by atoms with van der Waals surface area (Å²) in [5.41, 5.74) is -0.510. The molecule has 1 aliphatic heterocycles. The Morgan fingerprint density at radius 3 is 2.62 bits per heavy atom. The minimum atomic E-state index is -0.529. The number of hydrogen-bond donors (Lipinski definition) is 2. The van der Waals surface area contributed by atoms with Crippen LogP contribution in [-0.2, 0) is 4.74 Å². The number of ether oxygens (including phenoxy) is 2. The van der Waals surface area contributed by atoms with Crippen LogP contribution in [0.15, 0.2) is 47.6 Å². The van der Waals surface area contributed by atoms with Crippen LogP contribution >= 0.6 is 23.5 Å². The standard InChI is InChI=1S/C34H46ClN7O4S/c1-33(2,3)46-32(44)42-24(17-19-34(42,4)5)12-9-20-36-26-13-8-14-29(37-26)47-40-31(43)25-15-16-27(38-30(25)35)41-21-18-28(39-41)45-22-23-10-6-7-11-23/h8,13-16,18,21,23-24H,6-7,9-12,17,19-20,22H2,1-5H3,(H,36,37)(H,40,43). The number of amides is 2. The van der Waals surface area contributed by atoms with Crippen LogP contribution in [-0.4, -0.2) is 67.0 Å². The maximum Gasteiger partial charge on any atom is 0.410 e. The Kier molecular flexibility index (Phi) is 11.2. The van der Waals surface area contributed by atoms with Crippen molar-refractivity contribution in [2.24, 2.45) is 5.92 Å². The number of hydrogen-bond acceptors (Lipinski definition) is 9. The molecule has 3 aromatic rings. The Hall–Kier alpha value is -3.51. The third-order valence-electron chi connectivity index (χ3n) is 8.51. The van der Waals surface area contributed by atoms with Crippen LogP contribution < -0.4 is 14.8 Å². The van der Waals surface area contributed by atoms with Crippen LogP contribution in [0.3, 0.4) is 0 Å². The van der Waals surface area contributed by atoms with Gasteiger partial charge in [0.1, 0.15) is 21.6 Å². The molecule has 2 aliphatic rings. The number of nitrogens with zero attached hydrogens (tertiary/aromatic N) is 5. The van der Waals surface area contributed by atoms with E-state index in [4.69, 9.17) is 21.1 Å². The van der Waals surface area contributed by atoms with Crippen LogP contribution in [0, 0.1) is 5.92 Å². The number of carbonyl (C=O) groups excluding carboxylic acids is 2. The highest BCUT2D eigenvalue weighted by atomic mass is 35.5. The average Bonchev–Trinajstić information content (AvgIpc) is 3.77. The quantitative estimate of drug-likeness (QED) is 0.112. The number of pyridine rings is 2. The largest absolute Gasteiger partial charge is 0.476 e. The Balaban J connectivity index is 1.08.